The Morgan fingerprint density at radius 1 is 1.32 bits per heavy atom. The molecule has 0 bridgehead atoms. The fourth-order valence-corrected chi connectivity index (χ4v) is 2.28. The molecule has 1 aromatic carbocycles. The van der Waals surface area contributed by atoms with E-state index in [1.807, 2.05) is 0 Å². The highest BCUT2D eigenvalue weighted by molar-refractivity contribution is 5.99. The number of nitrogens with zero attached hydrogens (tertiary/aromatic N) is 1. The molecule has 0 unspecified atom stereocenters. The molecule has 8 heteroatoms. The molecule has 1 amide bonds. The Morgan fingerprint density at radius 3 is 2.68 bits per heavy atom. The van der Waals surface area contributed by atoms with Gasteiger partial charge in [0.05, 0.1) is 24.5 Å². The van der Waals surface area contributed by atoms with Crippen molar-refractivity contribution in [1.82, 2.24) is 10.0 Å². The fraction of sp³-hybridized carbons (Fsp3) is 0.294. The molecule has 134 valence electrons. The van der Waals surface area contributed by atoms with Gasteiger partial charge in [-0.2, -0.15) is 0 Å². The largest absolute Gasteiger partial charge is 0.394 e. The van der Waals surface area contributed by atoms with Crippen LogP contribution in [0.5, 0.6) is 0 Å². The predicted molar refractivity (Wildman–Crippen MR) is 91.3 cm³/mol. The molecular weight excluding hydrogens is 329 g/mol. The quantitative estimate of drug-likeness (QED) is 0.543. The van der Waals surface area contributed by atoms with E-state index >= 15 is 0 Å². The number of aromatic nitrogens is 1. The van der Waals surface area contributed by atoms with Gasteiger partial charge in [-0.3, -0.25) is 19.0 Å². The van der Waals surface area contributed by atoms with E-state index in [1.54, 1.807) is 19.9 Å². The lowest BCUT2D eigenvalue weighted by molar-refractivity contribution is 0.0168. The molecule has 0 aliphatic rings. The van der Waals surface area contributed by atoms with Crippen LogP contribution in [0.25, 0.3) is 0 Å². The van der Waals surface area contributed by atoms with E-state index in [1.165, 1.54) is 29.8 Å². The average molecular weight is 349 g/mol. The molecule has 0 radical (unpaired) electrons. The monoisotopic (exact) mass is 349 g/mol. The van der Waals surface area contributed by atoms with Gasteiger partial charge in [0.25, 0.3) is 11.5 Å². The maximum atomic E-state index is 14.1. The van der Waals surface area contributed by atoms with Gasteiger partial charge in [0.1, 0.15) is 11.6 Å². The zero-order valence-electron chi connectivity index (χ0n) is 14.2. The summed E-state index contributed by atoms with van der Waals surface area (Å²) in [4.78, 5) is 29.3. The summed E-state index contributed by atoms with van der Waals surface area (Å²) >= 11 is 0. The first kappa shape index (κ1) is 18.6. The number of carbonyl (C=O) groups excluding carboxylic acids is 1. The highest BCUT2D eigenvalue weighted by Gasteiger charge is 2.18. The molecule has 1 aromatic heterocycles. The van der Waals surface area contributed by atoms with Crippen LogP contribution < -0.4 is 16.4 Å². The van der Waals surface area contributed by atoms with Crippen LogP contribution in [-0.2, 0) is 11.9 Å². The van der Waals surface area contributed by atoms with E-state index in [4.69, 9.17) is 9.94 Å². The van der Waals surface area contributed by atoms with Crippen molar-refractivity contribution in [3.63, 3.8) is 0 Å². The van der Waals surface area contributed by atoms with Gasteiger partial charge in [0, 0.05) is 12.6 Å². The van der Waals surface area contributed by atoms with E-state index < -0.39 is 11.7 Å². The first-order valence-electron chi connectivity index (χ1n) is 7.62. The maximum Gasteiger partial charge on any atom is 0.278 e. The van der Waals surface area contributed by atoms with Gasteiger partial charge in [-0.05, 0) is 37.6 Å². The molecule has 3 N–H and O–H groups in total. The molecule has 1 heterocycles. The van der Waals surface area contributed by atoms with Crippen molar-refractivity contribution in [2.45, 2.75) is 13.8 Å². The molecule has 7 nitrogen and oxygen atoms in total. The summed E-state index contributed by atoms with van der Waals surface area (Å²) in [5.74, 6) is -0.999. The number of aryl methyl sites for hydroxylation is 2. The van der Waals surface area contributed by atoms with Crippen molar-refractivity contribution in [3.8, 4) is 0 Å². The molecule has 0 aliphatic heterocycles. The van der Waals surface area contributed by atoms with Crippen LogP contribution in [0, 0.1) is 19.7 Å². The predicted octanol–water partition coefficient (Wildman–Crippen LogP) is 1.54. The first-order valence-corrected chi connectivity index (χ1v) is 7.62. The molecule has 0 aliphatic carbocycles. The standard InChI is InChI=1S/C17H20FN3O4/c1-10-4-5-14(13(18)8-10)19-15-12(16(23)20-25-7-6-22)9-11(2)17(24)21(15)3/h4-5,8-9,19,22H,6-7H2,1-3H3,(H,20,23). The highest BCUT2D eigenvalue weighted by Crippen LogP contribution is 2.23. The zero-order valence-corrected chi connectivity index (χ0v) is 14.2. The van der Waals surface area contributed by atoms with Gasteiger partial charge < -0.3 is 10.4 Å². The summed E-state index contributed by atoms with van der Waals surface area (Å²) in [6, 6.07) is 5.98. The van der Waals surface area contributed by atoms with Crippen LogP contribution in [0.1, 0.15) is 21.5 Å². The number of amides is 1. The van der Waals surface area contributed by atoms with Gasteiger partial charge in [0.2, 0.25) is 0 Å². The molecule has 2 aromatic rings. The van der Waals surface area contributed by atoms with Crippen LogP contribution >= 0.6 is 0 Å². The Hall–Kier alpha value is -2.71. The molecular formula is C17H20FN3O4. The number of hydroxylamine groups is 1. The second-order valence-corrected chi connectivity index (χ2v) is 5.57. The van der Waals surface area contributed by atoms with Crippen molar-refractivity contribution < 1.29 is 19.1 Å². The van der Waals surface area contributed by atoms with E-state index in [9.17, 15) is 14.0 Å². The Balaban J connectivity index is 2.45. The number of benzene rings is 1. The minimum absolute atomic E-state index is 0.0775. The minimum atomic E-state index is -0.623. The van der Waals surface area contributed by atoms with Gasteiger partial charge in [-0.15, -0.1) is 0 Å². The minimum Gasteiger partial charge on any atom is -0.394 e. The van der Waals surface area contributed by atoms with Crippen molar-refractivity contribution >= 4 is 17.4 Å². The normalized spacial score (nSPS) is 10.6. The van der Waals surface area contributed by atoms with Crippen molar-refractivity contribution in [2.75, 3.05) is 18.5 Å². The smallest absolute Gasteiger partial charge is 0.278 e. The van der Waals surface area contributed by atoms with Gasteiger partial charge >= 0.3 is 0 Å². The number of rotatable bonds is 6. The number of halogens is 1. The Bertz CT molecular complexity index is 849. The third kappa shape index (κ3) is 4.23. The van der Waals surface area contributed by atoms with Crippen LogP contribution in [0.15, 0.2) is 29.1 Å². The second kappa shape index (κ2) is 7.91. The molecule has 0 spiro atoms. The lowest BCUT2D eigenvalue weighted by atomic mass is 10.1. The lowest BCUT2D eigenvalue weighted by Gasteiger charge is -2.17. The van der Waals surface area contributed by atoms with Crippen molar-refractivity contribution in [1.29, 1.82) is 0 Å². The van der Waals surface area contributed by atoms with Gasteiger partial charge in [-0.25, -0.2) is 9.87 Å². The number of hydrogen-bond acceptors (Lipinski definition) is 5. The summed E-state index contributed by atoms with van der Waals surface area (Å²) in [6.45, 7) is 2.99. The van der Waals surface area contributed by atoms with Crippen LogP contribution in [-0.4, -0.2) is 28.8 Å². The van der Waals surface area contributed by atoms with E-state index in [0.29, 0.717) is 5.56 Å². The van der Waals surface area contributed by atoms with Gasteiger partial charge in [0.15, 0.2) is 0 Å². The number of aliphatic hydroxyl groups is 1. The van der Waals surface area contributed by atoms with E-state index in [-0.39, 0.29) is 35.8 Å². The molecule has 2 rings (SSSR count). The zero-order chi connectivity index (χ0) is 18.6. The summed E-state index contributed by atoms with van der Waals surface area (Å²) < 4.78 is 15.4. The lowest BCUT2D eigenvalue weighted by Crippen LogP contribution is -2.30. The van der Waals surface area contributed by atoms with Crippen LogP contribution in [0.2, 0.25) is 0 Å². The van der Waals surface area contributed by atoms with Gasteiger partial charge in [-0.1, -0.05) is 6.07 Å². The SMILES string of the molecule is Cc1ccc(Nc2c(C(=O)NOCCO)cc(C)c(=O)n2C)c(F)c1. The third-order valence-corrected chi connectivity index (χ3v) is 3.57. The number of pyridine rings is 1. The molecule has 0 atom stereocenters. The van der Waals surface area contributed by atoms with E-state index in [0.717, 1.165) is 5.56 Å². The highest BCUT2D eigenvalue weighted by atomic mass is 19.1. The van der Waals surface area contributed by atoms with Crippen LogP contribution in [0.4, 0.5) is 15.9 Å². The summed E-state index contributed by atoms with van der Waals surface area (Å²) in [7, 11) is 1.48. The number of nitrogens with one attached hydrogen (secondary N) is 2. The number of carbonyl (C=O) groups is 1. The van der Waals surface area contributed by atoms with Crippen LogP contribution in [0.3, 0.4) is 0 Å². The van der Waals surface area contributed by atoms with Crippen molar-refractivity contribution in [2.24, 2.45) is 7.05 Å². The second-order valence-electron chi connectivity index (χ2n) is 5.57. The molecule has 0 fully saturated rings. The summed E-state index contributed by atoms with van der Waals surface area (Å²) in [6.07, 6.45) is 0. The summed E-state index contributed by atoms with van der Waals surface area (Å²) in [5.41, 5.74) is 3.20. The third-order valence-electron chi connectivity index (χ3n) is 3.57. The molecule has 0 saturated carbocycles. The fourth-order valence-electron chi connectivity index (χ4n) is 2.28. The molecule has 0 saturated heterocycles. The Morgan fingerprint density at radius 2 is 2.04 bits per heavy atom. The Kier molecular flexibility index (Phi) is 5.89. The average Bonchev–Trinajstić information content (AvgIpc) is 2.57. The summed E-state index contributed by atoms with van der Waals surface area (Å²) in [5, 5.41) is 11.5. The number of hydrogen-bond donors (Lipinski definition) is 3. The Labute approximate surface area is 144 Å². The number of anilines is 2. The topological polar surface area (TPSA) is 92.6 Å². The van der Waals surface area contributed by atoms with Crippen molar-refractivity contribution in [3.05, 3.63) is 57.1 Å². The number of aliphatic hydroxyl groups excluding tert-OH is 1. The first-order chi connectivity index (χ1) is 11.8. The van der Waals surface area contributed by atoms with E-state index in [2.05, 4.69) is 10.8 Å². The maximum absolute atomic E-state index is 14.1. The molecule has 25 heavy (non-hydrogen) atoms.